The van der Waals surface area contributed by atoms with Gasteiger partial charge in [-0.3, -0.25) is 0 Å². The Morgan fingerprint density at radius 3 is 1.79 bits per heavy atom. The molecule has 2 aliphatic rings. The maximum absolute atomic E-state index is 9.94. The van der Waals surface area contributed by atoms with E-state index in [-0.39, 0.29) is 5.48 Å². The lowest BCUT2D eigenvalue weighted by Gasteiger charge is -2.45. The Morgan fingerprint density at radius 1 is 0.667 bits per heavy atom. The van der Waals surface area contributed by atoms with E-state index in [1.165, 1.54) is 0 Å². The number of rotatable bonds is 4. The van der Waals surface area contributed by atoms with Crippen LogP contribution in [0.2, 0.25) is 0 Å². The van der Waals surface area contributed by atoms with Gasteiger partial charge in [-0.25, -0.2) is 0 Å². The van der Waals surface area contributed by atoms with Gasteiger partial charge in [0.15, 0.2) is 12.6 Å². The van der Waals surface area contributed by atoms with Gasteiger partial charge in [-0.1, -0.05) is 0 Å². The summed E-state index contributed by atoms with van der Waals surface area (Å²) < 4.78 is 15.3. The first-order valence-corrected chi connectivity index (χ1v) is 7.08. The first-order chi connectivity index (χ1) is 10.8. The van der Waals surface area contributed by atoms with Crippen LogP contribution in [0.1, 0.15) is 0 Å². The highest BCUT2D eigenvalue weighted by Crippen LogP contribution is 2.28. The number of hydrogen-bond donors (Lipinski definition) is 8. The zero-order chi connectivity index (χ0) is 17.3. The lowest BCUT2D eigenvalue weighted by Crippen LogP contribution is -2.64. The molecule has 10 atom stereocenters. The van der Waals surface area contributed by atoms with Crippen LogP contribution in [0.3, 0.4) is 0 Å². The third kappa shape index (κ3) is 4.01. The molecule has 0 amide bonds. The maximum Gasteiger partial charge on any atom is 0.187 e. The molecule has 0 aromatic rings. The Labute approximate surface area is 136 Å². The largest absolute Gasteiger partial charge is 0.412 e. The van der Waals surface area contributed by atoms with Crippen LogP contribution >= 0.6 is 0 Å². The lowest BCUT2D eigenvalue weighted by atomic mass is 9.97. The Balaban J connectivity index is 0.00000288. The molecule has 0 radical (unpaired) electrons. The summed E-state index contributed by atoms with van der Waals surface area (Å²) in [6.45, 7) is -1.35. The molecule has 12 nitrogen and oxygen atoms in total. The molecule has 0 aromatic carbocycles. The van der Waals surface area contributed by atoms with Crippen LogP contribution in [0.5, 0.6) is 0 Å². The molecule has 2 aliphatic heterocycles. The van der Waals surface area contributed by atoms with Gasteiger partial charge in [0.1, 0.15) is 48.8 Å². The Hall–Kier alpha value is -0.480. The van der Waals surface area contributed by atoms with Crippen LogP contribution in [-0.4, -0.2) is 121 Å². The van der Waals surface area contributed by atoms with Crippen molar-refractivity contribution in [1.82, 2.24) is 0 Å². The normalized spacial score (nSPS) is 49.5. The summed E-state index contributed by atoms with van der Waals surface area (Å²) in [6, 6.07) is 0. The molecule has 0 aromatic heterocycles. The molecule has 2 fully saturated rings. The predicted octanol–water partition coefficient (Wildman–Crippen LogP) is -6.22. The van der Waals surface area contributed by atoms with Crippen LogP contribution in [0.25, 0.3) is 0 Å². The second-order valence-corrected chi connectivity index (χ2v) is 5.53. The summed E-state index contributed by atoms with van der Waals surface area (Å²) in [6.07, 6.45) is -15.6. The highest BCUT2D eigenvalue weighted by Gasteiger charge is 2.50. The first kappa shape index (κ1) is 21.6. The smallest absolute Gasteiger partial charge is 0.187 e. The van der Waals surface area contributed by atoms with Gasteiger partial charge < -0.3 is 60.5 Å². The Morgan fingerprint density at radius 2 is 1.25 bits per heavy atom. The molecule has 2 saturated heterocycles. The summed E-state index contributed by atoms with van der Waals surface area (Å²) >= 11 is 0. The van der Waals surface area contributed by atoms with Gasteiger partial charge in [0.05, 0.1) is 13.2 Å². The topological polar surface area (TPSA) is 221 Å². The van der Waals surface area contributed by atoms with Crippen LogP contribution in [-0.2, 0) is 14.2 Å². The molecular weight excluding hydrogens is 336 g/mol. The van der Waals surface area contributed by atoms with Crippen molar-refractivity contribution in [2.75, 3.05) is 13.2 Å². The molecule has 12 heteroatoms. The highest BCUT2D eigenvalue weighted by atomic mass is 16.7. The Bertz CT molecular complexity index is 379. The number of ether oxygens (including phenoxy) is 3. The fourth-order valence-electron chi connectivity index (χ4n) is 2.57. The number of aliphatic hydroxyl groups is 8. The van der Waals surface area contributed by atoms with Crippen molar-refractivity contribution >= 4 is 0 Å². The quantitative estimate of drug-likeness (QED) is 0.235. The van der Waals surface area contributed by atoms with Gasteiger partial charge in [0, 0.05) is 0 Å². The summed E-state index contributed by atoms with van der Waals surface area (Å²) in [5.41, 5.74) is 0. The van der Waals surface area contributed by atoms with Gasteiger partial charge in [0.25, 0.3) is 0 Å². The molecule has 0 spiro atoms. The number of aliphatic hydroxyl groups excluding tert-OH is 8. The van der Waals surface area contributed by atoms with Gasteiger partial charge in [-0.05, 0) is 0 Å². The van der Waals surface area contributed by atoms with Crippen molar-refractivity contribution in [1.29, 1.82) is 0 Å². The standard InChI is InChI=1S/C12H22O11.H2O/c13-1-3-5(15)6(16)9(19)12(22-3)23-10-4(2-14)21-11(20)8(18)7(10)17;/h3-20H,1-2H2;1H2/t3-,4+,5-,6+,7-,8-,9-,10-,11+,12+;/m1./s1. The van der Waals surface area contributed by atoms with Crippen molar-refractivity contribution in [2.24, 2.45) is 0 Å². The minimum Gasteiger partial charge on any atom is -0.412 e. The van der Waals surface area contributed by atoms with E-state index < -0.39 is 74.6 Å². The first-order valence-electron chi connectivity index (χ1n) is 7.08. The van der Waals surface area contributed by atoms with Gasteiger partial charge >= 0.3 is 0 Å². The highest BCUT2D eigenvalue weighted by molar-refractivity contribution is 4.93. The SMILES string of the molecule is O.OC[C@@H]1O[C@H](O)[C@H](O)[C@@H](O)[C@@H]1O[C@@H]1O[C@H](CO)[C@@H](O)[C@H](O)[C@H]1O. The molecule has 2 rings (SSSR count). The number of hydrogen-bond acceptors (Lipinski definition) is 11. The van der Waals surface area contributed by atoms with Gasteiger partial charge in [-0.2, -0.15) is 0 Å². The third-order valence-electron chi connectivity index (χ3n) is 3.98. The van der Waals surface area contributed by atoms with E-state index in [1.807, 2.05) is 0 Å². The van der Waals surface area contributed by atoms with Crippen molar-refractivity contribution in [3.63, 3.8) is 0 Å². The predicted molar refractivity (Wildman–Crippen MR) is 72.2 cm³/mol. The van der Waals surface area contributed by atoms with Crippen molar-refractivity contribution in [3.8, 4) is 0 Å². The van der Waals surface area contributed by atoms with Crippen molar-refractivity contribution in [3.05, 3.63) is 0 Å². The zero-order valence-electron chi connectivity index (χ0n) is 12.5. The van der Waals surface area contributed by atoms with E-state index in [4.69, 9.17) is 19.3 Å². The van der Waals surface area contributed by atoms with Crippen molar-refractivity contribution < 1.29 is 60.5 Å². The second-order valence-electron chi connectivity index (χ2n) is 5.53. The van der Waals surface area contributed by atoms with Crippen molar-refractivity contribution in [2.45, 2.75) is 61.4 Å². The van der Waals surface area contributed by atoms with Crippen LogP contribution in [0.15, 0.2) is 0 Å². The third-order valence-corrected chi connectivity index (χ3v) is 3.98. The summed E-state index contributed by atoms with van der Waals surface area (Å²) in [5, 5.41) is 76.5. The fraction of sp³-hybridized carbons (Fsp3) is 1.00. The molecule has 144 valence electrons. The summed E-state index contributed by atoms with van der Waals surface area (Å²) in [4.78, 5) is 0. The second kappa shape index (κ2) is 8.75. The molecule has 0 bridgehead atoms. The zero-order valence-corrected chi connectivity index (χ0v) is 12.5. The monoisotopic (exact) mass is 360 g/mol. The van der Waals surface area contributed by atoms with E-state index in [9.17, 15) is 35.7 Å². The minimum atomic E-state index is -1.74. The van der Waals surface area contributed by atoms with E-state index in [1.54, 1.807) is 0 Å². The Kier molecular flexibility index (Phi) is 7.86. The van der Waals surface area contributed by atoms with Gasteiger partial charge in [0.2, 0.25) is 0 Å². The van der Waals surface area contributed by atoms with Crippen LogP contribution in [0.4, 0.5) is 0 Å². The molecule has 10 N–H and O–H groups in total. The van der Waals surface area contributed by atoms with Gasteiger partial charge in [-0.15, -0.1) is 0 Å². The van der Waals surface area contributed by atoms with Crippen LogP contribution < -0.4 is 0 Å². The average Bonchev–Trinajstić information content (AvgIpc) is 2.55. The molecule has 24 heavy (non-hydrogen) atoms. The minimum absolute atomic E-state index is 0. The summed E-state index contributed by atoms with van der Waals surface area (Å²) in [7, 11) is 0. The molecule has 0 unspecified atom stereocenters. The molecule has 0 saturated carbocycles. The van der Waals surface area contributed by atoms with Crippen LogP contribution in [0, 0.1) is 0 Å². The van der Waals surface area contributed by atoms with E-state index in [0.29, 0.717) is 0 Å². The maximum atomic E-state index is 9.94. The van der Waals surface area contributed by atoms with E-state index in [2.05, 4.69) is 0 Å². The molecular formula is C12H24O12. The molecule has 0 aliphatic carbocycles. The van der Waals surface area contributed by atoms with E-state index in [0.717, 1.165) is 0 Å². The average molecular weight is 360 g/mol. The molecule has 2 heterocycles. The lowest BCUT2D eigenvalue weighted by molar-refractivity contribution is -0.355. The van der Waals surface area contributed by atoms with E-state index >= 15 is 0 Å². The summed E-state index contributed by atoms with van der Waals surface area (Å²) in [5.74, 6) is 0. The fourth-order valence-corrected chi connectivity index (χ4v) is 2.57.